The van der Waals surface area contributed by atoms with Crippen molar-refractivity contribution in [2.45, 2.75) is 11.1 Å². The van der Waals surface area contributed by atoms with Crippen molar-refractivity contribution < 1.29 is 21.9 Å². The van der Waals surface area contributed by atoms with Crippen LogP contribution in [0.5, 0.6) is 0 Å². The molecule has 1 rings (SSSR count). The SMILES string of the molecule is O=Cc1ccc(SF)cc1C(F)(F)F. The highest BCUT2D eigenvalue weighted by Crippen LogP contribution is 2.34. The summed E-state index contributed by atoms with van der Waals surface area (Å²) in [6, 6.07) is 2.66. The van der Waals surface area contributed by atoms with Crippen molar-refractivity contribution >= 4 is 18.4 Å². The van der Waals surface area contributed by atoms with Gasteiger partial charge >= 0.3 is 6.18 Å². The molecule has 0 aliphatic carbocycles. The first-order chi connectivity index (χ1) is 6.49. The predicted octanol–water partition coefficient (Wildman–Crippen LogP) is 3.49. The predicted molar refractivity (Wildman–Crippen MR) is 43.8 cm³/mol. The Bertz CT molecular complexity index is 348. The molecular weight excluding hydrogens is 220 g/mol. The molecule has 0 atom stereocenters. The molecule has 76 valence electrons. The molecule has 14 heavy (non-hydrogen) atoms. The van der Waals surface area contributed by atoms with Crippen molar-refractivity contribution in [3.8, 4) is 0 Å². The lowest BCUT2D eigenvalue weighted by Gasteiger charge is -2.09. The fourth-order valence-electron chi connectivity index (χ4n) is 0.932. The first-order valence-electron chi connectivity index (χ1n) is 3.44. The second kappa shape index (κ2) is 4.00. The summed E-state index contributed by atoms with van der Waals surface area (Å²) in [6.07, 6.45) is -4.54. The number of carbonyl (C=O) groups is 1. The molecule has 1 aromatic rings. The van der Waals surface area contributed by atoms with Crippen LogP contribution in [-0.2, 0) is 6.18 Å². The van der Waals surface area contributed by atoms with E-state index in [1.54, 1.807) is 0 Å². The number of hydrogen-bond acceptors (Lipinski definition) is 2. The Morgan fingerprint density at radius 3 is 2.36 bits per heavy atom. The van der Waals surface area contributed by atoms with E-state index in [2.05, 4.69) is 0 Å². The van der Waals surface area contributed by atoms with Crippen LogP contribution >= 0.6 is 12.1 Å². The minimum atomic E-state index is -4.64. The average molecular weight is 224 g/mol. The molecule has 0 aliphatic rings. The van der Waals surface area contributed by atoms with Crippen LogP contribution in [0.1, 0.15) is 15.9 Å². The lowest BCUT2D eigenvalue weighted by molar-refractivity contribution is -0.138. The summed E-state index contributed by atoms with van der Waals surface area (Å²) in [6.45, 7) is 0. The van der Waals surface area contributed by atoms with E-state index in [0.717, 1.165) is 12.1 Å². The number of hydrogen-bond donors (Lipinski definition) is 0. The molecule has 1 nitrogen and oxygen atoms in total. The lowest BCUT2D eigenvalue weighted by atomic mass is 10.1. The molecule has 1 aromatic carbocycles. The third kappa shape index (κ3) is 2.25. The van der Waals surface area contributed by atoms with Crippen LogP contribution in [0.4, 0.5) is 17.1 Å². The monoisotopic (exact) mass is 224 g/mol. The van der Waals surface area contributed by atoms with Crippen molar-refractivity contribution in [3.63, 3.8) is 0 Å². The Morgan fingerprint density at radius 2 is 1.93 bits per heavy atom. The van der Waals surface area contributed by atoms with Gasteiger partial charge in [-0.3, -0.25) is 4.79 Å². The van der Waals surface area contributed by atoms with Gasteiger partial charge in [-0.1, -0.05) is 0 Å². The second-order valence-electron chi connectivity index (χ2n) is 2.44. The molecule has 6 heteroatoms. The largest absolute Gasteiger partial charge is 0.417 e. The molecule has 0 saturated carbocycles. The van der Waals surface area contributed by atoms with E-state index in [1.165, 1.54) is 0 Å². The summed E-state index contributed by atoms with van der Waals surface area (Å²) in [4.78, 5) is 10.1. The standard InChI is InChI=1S/C8H4F4OS/c9-8(10,11)7-3-6(14-12)2-1-5(7)4-13/h1-4H. The van der Waals surface area contributed by atoms with Crippen molar-refractivity contribution in [1.82, 2.24) is 0 Å². The van der Waals surface area contributed by atoms with Crippen molar-refractivity contribution in [2.75, 3.05) is 0 Å². The summed E-state index contributed by atoms with van der Waals surface area (Å²) in [7, 11) is 0. The Morgan fingerprint density at radius 1 is 1.29 bits per heavy atom. The van der Waals surface area contributed by atoms with Gasteiger partial charge < -0.3 is 0 Å². The molecule has 0 heterocycles. The van der Waals surface area contributed by atoms with Crippen LogP contribution < -0.4 is 0 Å². The fourth-order valence-corrected chi connectivity index (χ4v) is 1.21. The summed E-state index contributed by atoms with van der Waals surface area (Å²) in [5, 5.41) is 0. The Balaban J connectivity index is 3.29. The lowest BCUT2D eigenvalue weighted by Crippen LogP contribution is -2.08. The van der Waals surface area contributed by atoms with Gasteiger partial charge in [0.15, 0.2) is 6.29 Å². The highest BCUT2D eigenvalue weighted by Gasteiger charge is 2.33. The fraction of sp³-hybridized carbons (Fsp3) is 0.125. The van der Waals surface area contributed by atoms with E-state index in [9.17, 15) is 21.9 Å². The smallest absolute Gasteiger partial charge is 0.298 e. The molecule has 0 aliphatic heterocycles. The van der Waals surface area contributed by atoms with E-state index >= 15 is 0 Å². The van der Waals surface area contributed by atoms with Crippen LogP contribution in [0.2, 0.25) is 0 Å². The highest BCUT2D eigenvalue weighted by molar-refractivity contribution is 7.94. The van der Waals surface area contributed by atoms with Crippen molar-refractivity contribution in [1.29, 1.82) is 0 Å². The van der Waals surface area contributed by atoms with Crippen molar-refractivity contribution in [3.05, 3.63) is 29.3 Å². The highest BCUT2D eigenvalue weighted by atomic mass is 32.2. The zero-order chi connectivity index (χ0) is 10.8. The third-order valence-electron chi connectivity index (χ3n) is 1.55. The van der Waals surface area contributed by atoms with Crippen LogP contribution in [0, 0.1) is 0 Å². The molecule has 0 spiro atoms. The normalized spacial score (nSPS) is 11.4. The Labute approximate surface area is 81.4 Å². The van der Waals surface area contributed by atoms with Gasteiger partial charge in [-0.25, -0.2) is 0 Å². The molecule has 0 fully saturated rings. The van der Waals surface area contributed by atoms with Crippen LogP contribution in [0.25, 0.3) is 0 Å². The maximum absolute atomic E-state index is 12.3. The second-order valence-corrected chi connectivity index (χ2v) is 3.07. The van der Waals surface area contributed by atoms with Crippen molar-refractivity contribution in [2.24, 2.45) is 0 Å². The first kappa shape index (κ1) is 11.0. The van der Waals surface area contributed by atoms with Gasteiger partial charge in [0.2, 0.25) is 0 Å². The maximum Gasteiger partial charge on any atom is 0.417 e. The molecule has 0 radical (unpaired) electrons. The maximum atomic E-state index is 12.3. The molecule has 0 aromatic heterocycles. The summed E-state index contributed by atoms with van der Waals surface area (Å²) >= 11 is -0.298. The average Bonchev–Trinajstić information content (AvgIpc) is 2.15. The van der Waals surface area contributed by atoms with E-state index in [1.807, 2.05) is 0 Å². The number of aldehydes is 1. The van der Waals surface area contributed by atoms with Crippen LogP contribution in [-0.4, -0.2) is 6.29 Å². The van der Waals surface area contributed by atoms with Gasteiger partial charge in [0.1, 0.15) is 0 Å². The minimum Gasteiger partial charge on any atom is -0.298 e. The molecular formula is C8H4F4OS. The van der Waals surface area contributed by atoms with Crippen LogP contribution in [0.15, 0.2) is 23.1 Å². The zero-order valence-corrected chi connectivity index (χ0v) is 7.45. The van der Waals surface area contributed by atoms with E-state index in [-0.39, 0.29) is 23.3 Å². The Kier molecular flexibility index (Phi) is 3.15. The number of halogens is 4. The number of rotatable bonds is 2. The van der Waals surface area contributed by atoms with Crippen LogP contribution in [0.3, 0.4) is 0 Å². The number of carbonyl (C=O) groups excluding carboxylic acids is 1. The summed E-state index contributed by atoms with van der Waals surface area (Å²) in [5.74, 6) is 0. The third-order valence-corrected chi connectivity index (χ3v) is 1.98. The molecule has 0 saturated heterocycles. The Hall–Kier alpha value is -1.04. The summed E-state index contributed by atoms with van der Waals surface area (Å²) in [5.41, 5.74) is -1.61. The van der Waals surface area contributed by atoms with E-state index in [0.29, 0.717) is 6.07 Å². The number of benzene rings is 1. The van der Waals surface area contributed by atoms with E-state index in [4.69, 9.17) is 0 Å². The van der Waals surface area contributed by atoms with Gasteiger partial charge in [0.25, 0.3) is 0 Å². The van der Waals surface area contributed by atoms with Gasteiger partial charge in [0.05, 0.1) is 17.7 Å². The van der Waals surface area contributed by atoms with Gasteiger partial charge in [-0.2, -0.15) is 17.1 Å². The molecule has 0 N–H and O–H groups in total. The van der Waals surface area contributed by atoms with Gasteiger partial charge in [-0.15, -0.1) is 0 Å². The minimum absolute atomic E-state index is 0.0928. The molecule has 0 unspecified atom stereocenters. The zero-order valence-electron chi connectivity index (χ0n) is 6.64. The first-order valence-corrected chi connectivity index (χ1v) is 4.15. The molecule has 0 bridgehead atoms. The summed E-state index contributed by atoms with van der Waals surface area (Å²) < 4.78 is 48.8. The van der Waals surface area contributed by atoms with E-state index < -0.39 is 17.3 Å². The topological polar surface area (TPSA) is 17.1 Å². The van der Waals surface area contributed by atoms with Gasteiger partial charge in [0, 0.05) is 10.5 Å². The van der Waals surface area contributed by atoms with Gasteiger partial charge in [-0.05, 0) is 18.2 Å². The number of alkyl halides is 3. The molecule has 0 amide bonds. The quantitative estimate of drug-likeness (QED) is 0.565.